The minimum atomic E-state index is -3.45. The topological polar surface area (TPSA) is 31.2 Å². The molecule has 0 saturated carbocycles. The van der Waals surface area contributed by atoms with Crippen molar-refractivity contribution in [2.24, 2.45) is 9.98 Å². The fraction of sp³-hybridized carbons (Fsp3) is 0.700. The molecule has 2 atom stereocenters. The molecule has 2 aliphatic rings. The zero-order valence-corrected chi connectivity index (χ0v) is 19.9. The van der Waals surface area contributed by atoms with Gasteiger partial charge >= 0.3 is 160 Å². The first kappa shape index (κ1) is 20.9. The summed E-state index contributed by atoms with van der Waals surface area (Å²) in [4.78, 5) is 10.5. The molecule has 0 saturated heterocycles. The van der Waals surface area contributed by atoms with Crippen LogP contribution in [0.15, 0.2) is 34.3 Å². The molecule has 4 nitrogen and oxygen atoms in total. The molecule has 0 spiro atoms. The Morgan fingerprint density at radius 2 is 1.08 bits per heavy atom. The second-order valence-corrected chi connectivity index (χ2v) is 18.9. The summed E-state index contributed by atoms with van der Waals surface area (Å²) >= 11 is -3.45. The van der Waals surface area contributed by atoms with Crippen molar-refractivity contribution in [3.63, 3.8) is 0 Å². The number of aliphatic imine (C=N–C) groups is 2. The van der Waals surface area contributed by atoms with Crippen molar-refractivity contribution in [2.75, 3.05) is 26.2 Å². The number of allylic oxidation sites excluding steroid dienone is 2. The van der Waals surface area contributed by atoms with Crippen LogP contribution in [-0.4, -0.2) is 49.8 Å². The van der Waals surface area contributed by atoms with Gasteiger partial charge in [-0.05, 0) is 0 Å². The van der Waals surface area contributed by atoms with Gasteiger partial charge < -0.3 is 0 Å². The summed E-state index contributed by atoms with van der Waals surface area (Å²) in [7, 11) is 0. The molecule has 0 N–H and O–H groups in total. The van der Waals surface area contributed by atoms with Crippen LogP contribution in [0.1, 0.15) is 55.4 Å². The molecular weight excluding hydrogens is 387 g/mol. The van der Waals surface area contributed by atoms with Gasteiger partial charge in [0.05, 0.1) is 0 Å². The molecular formula is C20H36N4Zr. The van der Waals surface area contributed by atoms with Crippen molar-refractivity contribution >= 4 is 11.4 Å². The summed E-state index contributed by atoms with van der Waals surface area (Å²) in [5, 5.41) is 0. The SMILES string of the molecule is CC[N](CC)[Zr]([N](CC)CC)([C]1(C)C=CC(C)=N1)[C]1(C)C=CC(C)=N1. The van der Waals surface area contributed by atoms with Gasteiger partial charge in [0.2, 0.25) is 0 Å². The quantitative estimate of drug-likeness (QED) is 0.587. The Bertz CT molecular complexity index is 559. The van der Waals surface area contributed by atoms with Crippen LogP contribution in [0.25, 0.3) is 0 Å². The molecule has 2 unspecified atom stereocenters. The van der Waals surface area contributed by atoms with Gasteiger partial charge in [-0.3, -0.25) is 0 Å². The zero-order valence-electron chi connectivity index (χ0n) is 17.4. The third kappa shape index (κ3) is 3.11. The molecule has 0 bridgehead atoms. The van der Waals surface area contributed by atoms with E-state index in [2.05, 4.69) is 85.4 Å². The van der Waals surface area contributed by atoms with Crippen LogP contribution in [-0.2, 0) is 20.8 Å². The van der Waals surface area contributed by atoms with Gasteiger partial charge in [0.1, 0.15) is 0 Å². The number of rotatable bonds is 8. The molecule has 2 heterocycles. The average Bonchev–Trinajstić information content (AvgIpc) is 3.10. The van der Waals surface area contributed by atoms with Crippen molar-refractivity contribution in [2.45, 2.75) is 61.9 Å². The molecule has 140 valence electrons. The van der Waals surface area contributed by atoms with E-state index in [0.717, 1.165) is 37.6 Å². The predicted octanol–water partition coefficient (Wildman–Crippen LogP) is 4.15. The van der Waals surface area contributed by atoms with Gasteiger partial charge in [0.15, 0.2) is 0 Å². The molecule has 0 aliphatic carbocycles. The van der Waals surface area contributed by atoms with Crippen LogP contribution in [0.4, 0.5) is 0 Å². The Labute approximate surface area is 160 Å². The second-order valence-electron chi connectivity index (χ2n) is 7.48. The summed E-state index contributed by atoms with van der Waals surface area (Å²) in [6.07, 6.45) is 9.21. The molecule has 25 heavy (non-hydrogen) atoms. The van der Waals surface area contributed by atoms with E-state index < -0.39 is 20.8 Å². The van der Waals surface area contributed by atoms with Crippen molar-refractivity contribution in [3.05, 3.63) is 24.3 Å². The Morgan fingerprint density at radius 3 is 1.28 bits per heavy atom. The maximum atomic E-state index is 5.25. The molecule has 0 fully saturated rings. The Hall–Kier alpha value is -0.377. The van der Waals surface area contributed by atoms with Gasteiger partial charge in [0.25, 0.3) is 0 Å². The summed E-state index contributed by atoms with van der Waals surface area (Å²) in [6, 6.07) is 0. The first-order chi connectivity index (χ1) is 11.7. The molecule has 0 aromatic carbocycles. The van der Waals surface area contributed by atoms with Crippen LogP contribution in [0.3, 0.4) is 0 Å². The molecule has 2 rings (SSSR count). The van der Waals surface area contributed by atoms with E-state index in [1.54, 1.807) is 0 Å². The Balaban J connectivity index is 2.85. The van der Waals surface area contributed by atoms with E-state index in [1.165, 1.54) is 0 Å². The predicted molar refractivity (Wildman–Crippen MR) is 107 cm³/mol. The van der Waals surface area contributed by atoms with Crippen LogP contribution >= 0.6 is 0 Å². The van der Waals surface area contributed by atoms with E-state index in [-0.39, 0.29) is 6.49 Å². The summed E-state index contributed by atoms with van der Waals surface area (Å²) in [5.41, 5.74) is 2.29. The van der Waals surface area contributed by atoms with Gasteiger partial charge in [-0.1, -0.05) is 0 Å². The third-order valence-corrected chi connectivity index (χ3v) is 21.9. The summed E-state index contributed by atoms with van der Waals surface area (Å²) in [5.74, 6) is 0. The first-order valence-electron chi connectivity index (χ1n) is 9.76. The van der Waals surface area contributed by atoms with Crippen molar-refractivity contribution in [1.29, 1.82) is 0 Å². The van der Waals surface area contributed by atoms with Gasteiger partial charge in [0, 0.05) is 0 Å². The maximum absolute atomic E-state index is 5.25. The minimum absolute atomic E-state index is 0.149. The van der Waals surface area contributed by atoms with E-state index in [1.807, 2.05) is 0 Å². The molecule has 0 aromatic rings. The van der Waals surface area contributed by atoms with Crippen molar-refractivity contribution < 1.29 is 20.8 Å². The van der Waals surface area contributed by atoms with Crippen molar-refractivity contribution in [1.82, 2.24) is 5.69 Å². The third-order valence-electron chi connectivity index (χ3n) is 5.97. The summed E-state index contributed by atoms with van der Waals surface area (Å²) < 4.78 is 5.26. The van der Waals surface area contributed by atoms with Crippen LogP contribution < -0.4 is 0 Å². The van der Waals surface area contributed by atoms with Crippen LogP contribution in [0.5, 0.6) is 0 Å². The molecule has 0 aromatic heterocycles. The van der Waals surface area contributed by atoms with Crippen LogP contribution in [0.2, 0.25) is 0 Å². The van der Waals surface area contributed by atoms with E-state index in [4.69, 9.17) is 9.98 Å². The average molecular weight is 424 g/mol. The number of hydrogen-bond donors (Lipinski definition) is 0. The van der Waals surface area contributed by atoms with Gasteiger partial charge in [-0.15, -0.1) is 0 Å². The second kappa shape index (κ2) is 7.70. The molecule has 0 radical (unpaired) electrons. The fourth-order valence-corrected chi connectivity index (χ4v) is 22.7. The molecule has 2 aliphatic heterocycles. The van der Waals surface area contributed by atoms with Gasteiger partial charge in [-0.2, -0.15) is 0 Å². The Morgan fingerprint density at radius 1 is 0.760 bits per heavy atom. The van der Waals surface area contributed by atoms with Crippen LogP contribution in [0, 0.1) is 0 Å². The standard InChI is InChI=1S/2C6H8N.2C4H10N.Zr/c2*1-5-3-4-6(2)7-5;2*1-3-5-4-2;/h2*3-4H,1-2H3;2*3-4H2,1-2H3;/q;;2*-1;+2. The van der Waals surface area contributed by atoms with E-state index in [0.29, 0.717) is 0 Å². The Kier molecular flexibility index (Phi) is 6.45. The zero-order chi connectivity index (χ0) is 18.9. The summed E-state index contributed by atoms with van der Waals surface area (Å²) in [6.45, 7) is 22.4. The van der Waals surface area contributed by atoms with Crippen molar-refractivity contribution in [3.8, 4) is 0 Å². The normalized spacial score (nSPS) is 29.0. The van der Waals surface area contributed by atoms with E-state index >= 15 is 0 Å². The fourth-order valence-electron chi connectivity index (χ4n) is 5.19. The van der Waals surface area contributed by atoms with E-state index in [9.17, 15) is 0 Å². The van der Waals surface area contributed by atoms with Gasteiger partial charge in [-0.25, -0.2) is 0 Å². The monoisotopic (exact) mass is 422 g/mol. The molecule has 0 amide bonds. The number of nitrogens with zero attached hydrogens (tertiary/aromatic N) is 4. The number of hydrogen-bond acceptors (Lipinski definition) is 4. The first-order valence-corrected chi connectivity index (χ1v) is 14.4. The molecule has 5 heteroatoms.